The van der Waals surface area contributed by atoms with E-state index in [0.29, 0.717) is 16.1 Å². The van der Waals surface area contributed by atoms with Crippen molar-refractivity contribution in [2.24, 2.45) is 0 Å². The first-order chi connectivity index (χ1) is 13.2. The summed E-state index contributed by atoms with van der Waals surface area (Å²) in [5, 5.41) is 12.8. The molecule has 0 aliphatic rings. The van der Waals surface area contributed by atoms with E-state index in [9.17, 15) is 18.3 Å². The molecule has 0 fully saturated rings. The summed E-state index contributed by atoms with van der Waals surface area (Å²) in [5.74, 6) is -1.52. The van der Waals surface area contributed by atoms with Gasteiger partial charge in [-0.1, -0.05) is 41.9 Å². The van der Waals surface area contributed by atoms with Gasteiger partial charge in [0.1, 0.15) is 10.8 Å². The summed E-state index contributed by atoms with van der Waals surface area (Å²) < 4.78 is 25.6. The van der Waals surface area contributed by atoms with Crippen molar-refractivity contribution in [1.82, 2.24) is 0 Å². The Balaban J connectivity index is 1.91. The second-order valence-corrected chi connectivity index (χ2v) is 9.74. The van der Waals surface area contributed by atoms with Crippen LogP contribution in [-0.2, 0) is 9.84 Å². The lowest BCUT2D eigenvalue weighted by atomic mass is 10.2. The van der Waals surface area contributed by atoms with Crippen LogP contribution in [0.4, 0.5) is 5.69 Å². The summed E-state index contributed by atoms with van der Waals surface area (Å²) in [6.45, 7) is 3.42. The van der Waals surface area contributed by atoms with Gasteiger partial charge in [-0.2, -0.15) is 0 Å². The first kappa shape index (κ1) is 20.4. The van der Waals surface area contributed by atoms with E-state index in [-0.39, 0.29) is 15.5 Å². The molecule has 146 valence electrons. The molecule has 0 saturated carbocycles. The van der Waals surface area contributed by atoms with Gasteiger partial charge < -0.3 is 10.4 Å². The van der Waals surface area contributed by atoms with Crippen LogP contribution in [0.15, 0.2) is 53.4 Å². The number of aryl methyl sites for hydroxylation is 2. The maximum atomic E-state index is 12.8. The van der Waals surface area contributed by atoms with Crippen molar-refractivity contribution in [3.63, 3.8) is 0 Å². The molecule has 0 atom stereocenters. The second-order valence-electron chi connectivity index (χ2n) is 6.33. The molecule has 3 aromatic rings. The summed E-state index contributed by atoms with van der Waals surface area (Å²) in [7, 11) is -3.68. The number of hydrogen-bond acceptors (Lipinski definition) is 5. The normalized spacial score (nSPS) is 11.4. The lowest BCUT2D eigenvalue weighted by Gasteiger charge is -2.11. The van der Waals surface area contributed by atoms with E-state index in [0.717, 1.165) is 21.8 Å². The average Bonchev–Trinajstić information content (AvgIpc) is 3.08. The van der Waals surface area contributed by atoms with Crippen molar-refractivity contribution >= 4 is 44.4 Å². The highest BCUT2D eigenvalue weighted by atomic mass is 35.5. The molecule has 8 heteroatoms. The molecule has 3 rings (SSSR count). The van der Waals surface area contributed by atoms with Crippen molar-refractivity contribution in [3.8, 4) is 10.4 Å². The van der Waals surface area contributed by atoms with Crippen molar-refractivity contribution in [2.75, 3.05) is 11.2 Å². The van der Waals surface area contributed by atoms with Gasteiger partial charge in [0.25, 0.3) is 0 Å². The zero-order valence-corrected chi connectivity index (χ0v) is 17.6. The molecular formula is C20H18ClNO4S2. The first-order valence-corrected chi connectivity index (χ1v) is 11.2. The molecule has 28 heavy (non-hydrogen) atoms. The third kappa shape index (κ3) is 4.22. The molecule has 0 bridgehead atoms. The molecule has 2 N–H and O–H groups in total. The molecule has 0 saturated heterocycles. The Morgan fingerprint density at radius 1 is 1.11 bits per heavy atom. The number of sulfone groups is 1. The highest BCUT2D eigenvalue weighted by Crippen LogP contribution is 2.35. The number of nitrogens with one attached hydrogen (secondary N) is 1. The van der Waals surface area contributed by atoms with Crippen LogP contribution < -0.4 is 5.32 Å². The molecule has 5 nitrogen and oxygen atoms in total. The van der Waals surface area contributed by atoms with E-state index in [1.54, 1.807) is 26.0 Å². The number of aromatic carboxylic acids is 1. The predicted molar refractivity (Wildman–Crippen MR) is 113 cm³/mol. The smallest absolute Gasteiger partial charge is 0.348 e. The molecule has 2 aromatic carbocycles. The number of halogens is 1. The summed E-state index contributed by atoms with van der Waals surface area (Å²) in [5.41, 5.74) is 2.36. The lowest BCUT2D eigenvalue weighted by molar-refractivity contribution is 0.0703. The number of rotatable bonds is 6. The highest BCUT2D eigenvalue weighted by Gasteiger charge is 2.21. The molecule has 0 radical (unpaired) electrons. The summed E-state index contributed by atoms with van der Waals surface area (Å²) >= 11 is 7.15. The number of thiophene rings is 1. The van der Waals surface area contributed by atoms with Gasteiger partial charge in [-0.3, -0.25) is 0 Å². The molecule has 0 aliphatic heterocycles. The van der Waals surface area contributed by atoms with Gasteiger partial charge in [-0.25, -0.2) is 13.2 Å². The molecule has 0 spiro atoms. The number of carbonyl (C=O) groups is 1. The molecule has 1 aromatic heterocycles. The minimum atomic E-state index is -3.68. The van der Waals surface area contributed by atoms with E-state index >= 15 is 0 Å². The van der Waals surface area contributed by atoms with Crippen LogP contribution in [0.3, 0.4) is 0 Å². The van der Waals surface area contributed by atoms with Gasteiger partial charge >= 0.3 is 5.97 Å². The second kappa shape index (κ2) is 7.95. The molecule has 1 heterocycles. The third-order valence-corrected chi connectivity index (χ3v) is 7.44. The fraction of sp³-hybridized carbons (Fsp3) is 0.150. The van der Waals surface area contributed by atoms with Crippen LogP contribution in [0, 0.1) is 13.8 Å². The molecule has 0 amide bonds. The topological polar surface area (TPSA) is 83.5 Å². The summed E-state index contributed by atoms with van der Waals surface area (Å²) in [6.07, 6.45) is 0. The van der Waals surface area contributed by atoms with Crippen molar-refractivity contribution < 1.29 is 18.3 Å². The summed E-state index contributed by atoms with van der Waals surface area (Å²) in [4.78, 5) is 12.6. The van der Waals surface area contributed by atoms with E-state index < -0.39 is 21.7 Å². The van der Waals surface area contributed by atoms with Crippen molar-refractivity contribution in [2.45, 2.75) is 18.7 Å². The summed E-state index contributed by atoms with van der Waals surface area (Å²) in [6, 6.07) is 14.2. The Kier molecular flexibility index (Phi) is 5.79. The van der Waals surface area contributed by atoms with Crippen LogP contribution in [0.25, 0.3) is 10.4 Å². The standard InChI is InChI=1S/C20H18ClNO4S2/c1-12-9-18(13(2)8-15(12)21)28(25,26)11-22-16-10-17(27-19(16)20(23)24)14-6-4-3-5-7-14/h3-10,22H,11H2,1-2H3,(H,23,24). The predicted octanol–water partition coefficient (Wildman–Crippen LogP) is 5.23. The number of anilines is 1. The maximum absolute atomic E-state index is 12.8. The van der Waals surface area contributed by atoms with Crippen LogP contribution in [0.1, 0.15) is 20.8 Å². The van der Waals surface area contributed by atoms with E-state index in [2.05, 4.69) is 5.32 Å². The third-order valence-electron chi connectivity index (χ3n) is 4.23. The molecular weight excluding hydrogens is 418 g/mol. The SMILES string of the molecule is Cc1cc(S(=O)(=O)CNc2cc(-c3ccccc3)sc2C(=O)O)c(C)cc1Cl. The number of benzene rings is 2. The highest BCUT2D eigenvalue weighted by molar-refractivity contribution is 7.91. The minimum absolute atomic E-state index is 0.0676. The van der Waals surface area contributed by atoms with Gasteiger partial charge in [-0.05, 0) is 48.7 Å². The van der Waals surface area contributed by atoms with Gasteiger partial charge in [0.2, 0.25) is 0 Å². The Morgan fingerprint density at radius 3 is 2.43 bits per heavy atom. The van der Waals surface area contributed by atoms with Gasteiger partial charge in [-0.15, -0.1) is 11.3 Å². The van der Waals surface area contributed by atoms with Gasteiger partial charge in [0.05, 0.1) is 10.6 Å². The minimum Gasteiger partial charge on any atom is -0.477 e. The molecule has 0 aliphatic carbocycles. The van der Waals surface area contributed by atoms with E-state index in [1.165, 1.54) is 6.07 Å². The number of carboxylic acid groups (broad SMARTS) is 1. The quantitative estimate of drug-likeness (QED) is 0.554. The fourth-order valence-corrected chi connectivity index (χ4v) is 5.37. The lowest BCUT2D eigenvalue weighted by Crippen LogP contribution is -2.17. The Morgan fingerprint density at radius 2 is 1.79 bits per heavy atom. The van der Waals surface area contributed by atoms with Crippen molar-refractivity contribution in [1.29, 1.82) is 0 Å². The van der Waals surface area contributed by atoms with Gasteiger partial charge in [0.15, 0.2) is 9.84 Å². The number of hydrogen-bond donors (Lipinski definition) is 2. The zero-order chi connectivity index (χ0) is 20.5. The Labute approximate surface area is 172 Å². The molecule has 0 unspecified atom stereocenters. The number of carboxylic acids is 1. The van der Waals surface area contributed by atoms with E-state index in [1.807, 2.05) is 30.3 Å². The van der Waals surface area contributed by atoms with Crippen LogP contribution in [0.2, 0.25) is 5.02 Å². The van der Waals surface area contributed by atoms with Crippen molar-refractivity contribution in [3.05, 3.63) is 69.6 Å². The average molecular weight is 436 g/mol. The maximum Gasteiger partial charge on any atom is 0.348 e. The van der Waals surface area contributed by atoms with Gasteiger partial charge in [0, 0.05) is 9.90 Å². The van der Waals surface area contributed by atoms with Crippen LogP contribution in [0.5, 0.6) is 0 Å². The monoisotopic (exact) mass is 435 g/mol. The van der Waals surface area contributed by atoms with E-state index in [4.69, 9.17) is 11.6 Å². The fourth-order valence-electron chi connectivity index (χ4n) is 2.77. The Bertz CT molecular complexity index is 1140. The zero-order valence-electron chi connectivity index (χ0n) is 15.2. The van der Waals surface area contributed by atoms with Crippen LogP contribution >= 0.6 is 22.9 Å². The Hall–Kier alpha value is -2.35. The first-order valence-electron chi connectivity index (χ1n) is 8.35. The van der Waals surface area contributed by atoms with Crippen LogP contribution in [-0.4, -0.2) is 25.4 Å². The largest absolute Gasteiger partial charge is 0.477 e.